The van der Waals surface area contributed by atoms with Crippen molar-refractivity contribution < 1.29 is 9.90 Å². The van der Waals surface area contributed by atoms with Crippen LogP contribution in [0.2, 0.25) is 0 Å². The predicted molar refractivity (Wildman–Crippen MR) is 89.0 cm³/mol. The predicted octanol–water partition coefficient (Wildman–Crippen LogP) is 3.28. The Balaban J connectivity index is 1.80. The molecule has 0 aliphatic rings. The fraction of sp³-hybridized carbons (Fsp3) is 0.316. The molecule has 2 aromatic rings. The molecule has 0 spiro atoms. The fourth-order valence-corrected chi connectivity index (χ4v) is 2.35. The van der Waals surface area contributed by atoms with Crippen molar-refractivity contribution in [1.29, 1.82) is 0 Å². The molecule has 0 aliphatic heterocycles. The quantitative estimate of drug-likeness (QED) is 0.771. The number of benzene rings is 2. The number of carbonyl (C=O) groups is 1. The van der Waals surface area contributed by atoms with E-state index in [9.17, 15) is 9.90 Å². The van der Waals surface area contributed by atoms with E-state index < -0.39 is 6.10 Å². The third-order valence-corrected chi connectivity index (χ3v) is 3.81. The van der Waals surface area contributed by atoms with E-state index in [2.05, 4.69) is 5.32 Å². The second-order valence-corrected chi connectivity index (χ2v) is 5.64. The summed E-state index contributed by atoms with van der Waals surface area (Å²) in [5.41, 5.74) is 2.77. The molecule has 0 radical (unpaired) electrons. The van der Waals surface area contributed by atoms with Crippen molar-refractivity contribution in [3.05, 3.63) is 71.3 Å². The molecule has 0 heterocycles. The Morgan fingerprint density at radius 1 is 1.09 bits per heavy atom. The number of hydrogen-bond acceptors (Lipinski definition) is 3. The molecule has 0 aliphatic carbocycles. The second-order valence-electron chi connectivity index (χ2n) is 5.64. The van der Waals surface area contributed by atoms with E-state index in [1.807, 2.05) is 68.4 Å². The van der Waals surface area contributed by atoms with Crippen LogP contribution in [0, 0.1) is 6.92 Å². The van der Waals surface area contributed by atoms with Crippen molar-refractivity contribution in [2.24, 2.45) is 0 Å². The van der Waals surface area contributed by atoms with E-state index in [4.69, 9.17) is 0 Å². The molecular formula is C19H23NO2. The maximum Gasteiger partial charge on any atom is 0.164 e. The number of aliphatic hydroxyl groups is 1. The fourth-order valence-electron chi connectivity index (χ4n) is 2.35. The average molecular weight is 297 g/mol. The van der Waals surface area contributed by atoms with Crippen LogP contribution in [0.3, 0.4) is 0 Å². The molecule has 22 heavy (non-hydrogen) atoms. The van der Waals surface area contributed by atoms with Gasteiger partial charge in [0.25, 0.3) is 0 Å². The van der Waals surface area contributed by atoms with Crippen molar-refractivity contribution in [3.63, 3.8) is 0 Å². The number of carbonyl (C=O) groups excluding carboxylic acids is 1. The van der Waals surface area contributed by atoms with Gasteiger partial charge in [0.1, 0.15) is 0 Å². The van der Waals surface area contributed by atoms with Crippen LogP contribution in [-0.2, 0) is 0 Å². The van der Waals surface area contributed by atoms with Crippen LogP contribution in [0.15, 0.2) is 54.6 Å². The molecule has 0 aromatic heterocycles. The highest BCUT2D eigenvalue weighted by molar-refractivity contribution is 5.96. The normalized spacial score (nSPS) is 13.6. The first-order valence-electron chi connectivity index (χ1n) is 7.64. The van der Waals surface area contributed by atoms with E-state index in [1.54, 1.807) is 0 Å². The highest BCUT2D eigenvalue weighted by Gasteiger charge is 2.15. The number of Topliss-reactive ketones (excluding diaryl/α,β-unsaturated/α-hetero) is 1. The van der Waals surface area contributed by atoms with Crippen LogP contribution in [0.4, 0.5) is 0 Å². The van der Waals surface area contributed by atoms with Crippen LogP contribution < -0.4 is 5.32 Å². The third kappa shape index (κ3) is 4.52. The summed E-state index contributed by atoms with van der Waals surface area (Å²) in [6.45, 7) is 4.48. The Morgan fingerprint density at radius 2 is 1.73 bits per heavy atom. The number of rotatable bonds is 7. The second kappa shape index (κ2) is 7.87. The van der Waals surface area contributed by atoms with E-state index in [0.29, 0.717) is 13.0 Å². The van der Waals surface area contributed by atoms with Crippen LogP contribution in [-0.4, -0.2) is 23.5 Å². The first kappa shape index (κ1) is 16.4. The SMILES string of the molecule is Cc1ccc(C(=O)CCN[C@H](C)[C@@H](O)c2ccccc2)cc1. The zero-order valence-corrected chi connectivity index (χ0v) is 13.1. The number of aryl methyl sites for hydroxylation is 1. The van der Waals surface area contributed by atoms with Gasteiger partial charge in [0.05, 0.1) is 6.10 Å². The van der Waals surface area contributed by atoms with Crippen LogP contribution in [0.1, 0.15) is 40.9 Å². The van der Waals surface area contributed by atoms with Crippen molar-refractivity contribution in [2.45, 2.75) is 32.4 Å². The molecule has 3 heteroatoms. The maximum atomic E-state index is 12.1. The molecule has 0 fully saturated rings. The standard InChI is InChI=1S/C19H23NO2/c1-14-8-10-16(11-9-14)18(21)12-13-20-15(2)19(22)17-6-4-3-5-7-17/h3-11,15,19-20,22H,12-13H2,1-2H3/t15-,19-/m1/s1. The third-order valence-electron chi connectivity index (χ3n) is 3.81. The lowest BCUT2D eigenvalue weighted by Gasteiger charge is -2.20. The molecule has 0 saturated heterocycles. The minimum Gasteiger partial charge on any atom is -0.387 e. The number of aliphatic hydroxyl groups excluding tert-OH is 1. The summed E-state index contributed by atoms with van der Waals surface area (Å²) in [5, 5.41) is 13.5. The highest BCUT2D eigenvalue weighted by atomic mass is 16.3. The summed E-state index contributed by atoms with van der Waals surface area (Å²) in [4.78, 5) is 12.1. The zero-order chi connectivity index (χ0) is 15.9. The summed E-state index contributed by atoms with van der Waals surface area (Å²) in [6.07, 6.45) is -0.148. The minimum absolute atomic E-state index is 0.104. The molecule has 0 saturated carbocycles. The van der Waals surface area contributed by atoms with Gasteiger partial charge in [0.2, 0.25) is 0 Å². The van der Waals surface area contributed by atoms with Gasteiger partial charge in [-0.2, -0.15) is 0 Å². The Morgan fingerprint density at radius 3 is 2.36 bits per heavy atom. The highest BCUT2D eigenvalue weighted by Crippen LogP contribution is 2.16. The van der Waals surface area contributed by atoms with Gasteiger partial charge in [0, 0.05) is 24.6 Å². The molecule has 0 unspecified atom stereocenters. The van der Waals surface area contributed by atoms with Gasteiger partial charge < -0.3 is 10.4 Å². The van der Waals surface area contributed by atoms with Gasteiger partial charge in [0.15, 0.2) is 5.78 Å². The van der Waals surface area contributed by atoms with Gasteiger partial charge in [-0.1, -0.05) is 60.2 Å². The van der Waals surface area contributed by atoms with Gasteiger partial charge >= 0.3 is 0 Å². The lowest BCUT2D eigenvalue weighted by molar-refractivity contribution is 0.0972. The van der Waals surface area contributed by atoms with Crippen LogP contribution >= 0.6 is 0 Å². The van der Waals surface area contributed by atoms with E-state index in [-0.39, 0.29) is 11.8 Å². The van der Waals surface area contributed by atoms with Gasteiger partial charge in [-0.15, -0.1) is 0 Å². The van der Waals surface area contributed by atoms with Crippen molar-refractivity contribution >= 4 is 5.78 Å². The molecule has 116 valence electrons. The minimum atomic E-state index is -0.573. The first-order valence-corrected chi connectivity index (χ1v) is 7.64. The summed E-state index contributed by atoms with van der Waals surface area (Å²) >= 11 is 0. The number of hydrogen-bond donors (Lipinski definition) is 2. The molecule has 2 N–H and O–H groups in total. The first-order chi connectivity index (χ1) is 10.6. The summed E-state index contributed by atoms with van der Waals surface area (Å²) in [7, 11) is 0. The smallest absolute Gasteiger partial charge is 0.164 e. The molecule has 3 nitrogen and oxygen atoms in total. The molecule has 0 bridgehead atoms. The Hall–Kier alpha value is -1.97. The lowest BCUT2D eigenvalue weighted by atomic mass is 10.0. The Kier molecular flexibility index (Phi) is 5.87. The van der Waals surface area contributed by atoms with Gasteiger partial charge in [-0.3, -0.25) is 4.79 Å². The van der Waals surface area contributed by atoms with E-state index in [0.717, 1.165) is 16.7 Å². The van der Waals surface area contributed by atoms with Crippen molar-refractivity contribution in [3.8, 4) is 0 Å². The molecule has 2 atom stereocenters. The maximum absolute atomic E-state index is 12.1. The number of nitrogens with one attached hydrogen (secondary N) is 1. The van der Waals surface area contributed by atoms with Crippen LogP contribution in [0.25, 0.3) is 0 Å². The molecule has 0 amide bonds. The monoisotopic (exact) mass is 297 g/mol. The van der Waals surface area contributed by atoms with E-state index in [1.165, 1.54) is 0 Å². The Bertz CT molecular complexity index is 593. The summed E-state index contributed by atoms with van der Waals surface area (Å²) in [6, 6.07) is 17.1. The largest absolute Gasteiger partial charge is 0.387 e. The topological polar surface area (TPSA) is 49.3 Å². The van der Waals surface area contributed by atoms with Crippen molar-refractivity contribution in [1.82, 2.24) is 5.32 Å². The van der Waals surface area contributed by atoms with Gasteiger partial charge in [-0.05, 0) is 19.4 Å². The number of ketones is 1. The van der Waals surface area contributed by atoms with Gasteiger partial charge in [-0.25, -0.2) is 0 Å². The molecule has 2 aromatic carbocycles. The zero-order valence-electron chi connectivity index (χ0n) is 13.1. The van der Waals surface area contributed by atoms with Crippen LogP contribution in [0.5, 0.6) is 0 Å². The molecular weight excluding hydrogens is 274 g/mol. The average Bonchev–Trinajstić information content (AvgIpc) is 2.55. The summed E-state index contributed by atoms with van der Waals surface area (Å²) < 4.78 is 0. The van der Waals surface area contributed by atoms with E-state index >= 15 is 0 Å². The summed E-state index contributed by atoms with van der Waals surface area (Å²) in [5.74, 6) is 0.119. The molecule has 2 rings (SSSR count). The van der Waals surface area contributed by atoms with Crippen molar-refractivity contribution in [2.75, 3.05) is 6.54 Å². The lowest BCUT2D eigenvalue weighted by Crippen LogP contribution is -2.33. The Labute approximate surface area is 132 Å².